The summed E-state index contributed by atoms with van der Waals surface area (Å²) in [6.45, 7) is -0.0146. The van der Waals surface area contributed by atoms with Gasteiger partial charge in [0.05, 0.1) is 11.9 Å². The standard InChI is InChI=1S/C18H17N3O2S/c19-9-14(22)11-4-3-5-12(8-11)23-17-16-13-6-1-2-7-15(13)24-18(16)21-10-20-17/h3-5,8,10H,1-2,6-7,9,19H2. The molecule has 0 atom stereocenters. The number of aromatic nitrogens is 2. The number of benzene rings is 1. The topological polar surface area (TPSA) is 78.1 Å². The number of carbonyl (C=O) groups is 1. The van der Waals surface area contributed by atoms with Crippen molar-refractivity contribution in [2.24, 2.45) is 5.73 Å². The summed E-state index contributed by atoms with van der Waals surface area (Å²) in [5.74, 6) is 1.04. The molecule has 0 radical (unpaired) electrons. The molecule has 2 aromatic heterocycles. The van der Waals surface area contributed by atoms with Gasteiger partial charge in [0.25, 0.3) is 0 Å². The third-order valence-electron chi connectivity index (χ3n) is 4.27. The minimum Gasteiger partial charge on any atom is -0.438 e. The van der Waals surface area contributed by atoms with Crippen LogP contribution in [0.5, 0.6) is 11.6 Å². The minimum absolute atomic E-state index is 0.0146. The molecular formula is C18H17N3O2S. The van der Waals surface area contributed by atoms with Crippen molar-refractivity contribution in [2.45, 2.75) is 25.7 Å². The molecule has 0 spiro atoms. The second-order valence-electron chi connectivity index (χ2n) is 5.83. The van der Waals surface area contributed by atoms with Crippen molar-refractivity contribution in [1.29, 1.82) is 0 Å². The van der Waals surface area contributed by atoms with E-state index >= 15 is 0 Å². The molecule has 1 aliphatic carbocycles. The van der Waals surface area contributed by atoms with E-state index < -0.39 is 0 Å². The average Bonchev–Trinajstić information content (AvgIpc) is 3.01. The second-order valence-corrected chi connectivity index (χ2v) is 6.91. The zero-order chi connectivity index (χ0) is 16.5. The minimum atomic E-state index is -0.110. The van der Waals surface area contributed by atoms with Crippen molar-refractivity contribution in [3.8, 4) is 11.6 Å². The number of nitrogens with zero attached hydrogens (tertiary/aromatic N) is 2. The van der Waals surface area contributed by atoms with Crippen LogP contribution in [0.2, 0.25) is 0 Å². The summed E-state index contributed by atoms with van der Waals surface area (Å²) in [6, 6.07) is 7.06. The van der Waals surface area contributed by atoms with Gasteiger partial charge in [0, 0.05) is 10.4 Å². The van der Waals surface area contributed by atoms with Crippen LogP contribution < -0.4 is 10.5 Å². The van der Waals surface area contributed by atoms with Crippen molar-refractivity contribution in [1.82, 2.24) is 9.97 Å². The lowest BCUT2D eigenvalue weighted by Gasteiger charge is -2.12. The van der Waals surface area contributed by atoms with Crippen LogP contribution in [-0.4, -0.2) is 22.3 Å². The summed E-state index contributed by atoms with van der Waals surface area (Å²) in [7, 11) is 0. The van der Waals surface area contributed by atoms with Gasteiger partial charge >= 0.3 is 0 Å². The summed E-state index contributed by atoms with van der Waals surface area (Å²) in [5, 5.41) is 1.02. The molecule has 0 saturated carbocycles. The van der Waals surface area contributed by atoms with E-state index in [4.69, 9.17) is 10.5 Å². The first-order valence-electron chi connectivity index (χ1n) is 8.02. The lowest BCUT2D eigenvalue weighted by Crippen LogP contribution is -2.13. The Morgan fingerprint density at radius 2 is 2.12 bits per heavy atom. The van der Waals surface area contributed by atoms with E-state index in [0.717, 1.165) is 23.1 Å². The molecule has 5 nitrogen and oxygen atoms in total. The van der Waals surface area contributed by atoms with Gasteiger partial charge in [-0.25, -0.2) is 9.97 Å². The SMILES string of the molecule is NCC(=O)c1cccc(Oc2ncnc3sc4c(c23)CCCC4)c1. The summed E-state index contributed by atoms with van der Waals surface area (Å²) < 4.78 is 6.01. The third kappa shape index (κ3) is 2.68. The van der Waals surface area contributed by atoms with Gasteiger partial charge in [-0.2, -0.15) is 0 Å². The first-order valence-corrected chi connectivity index (χ1v) is 8.84. The zero-order valence-electron chi connectivity index (χ0n) is 13.1. The molecule has 0 amide bonds. The van der Waals surface area contributed by atoms with Crippen LogP contribution in [0.15, 0.2) is 30.6 Å². The number of carbonyl (C=O) groups excluding carboxylic acids is 1. The molecule has 0 bridgehead atoms. The summed E-state index contributed by atoms with van der Waals surface area (Å²) in [5.41, 5.74) is 7.31. The Morgan fingerprint density at radius 3 is 3.00 bits per heavy atom. The van der Waals surface area contributed by atoms with Gasteiger partial charge in [-0.05, 0) is 43.4 Å². The molecule has 122 valence electrons. The van der Waals surface area contributed by atoms with Crippen molar-refractivity contribution in [3.63, 3.8) is 0 Å². The molecule has 6 heteroatoms. The second kappa shape index (κ2) is 6.30. The summed E-state index contributed by atoms with van der Waals surface area (Å²) in [6.07, 6.45) is 6.11. The van der Waals surface area contributed by atoms with Crippen LogP contribution in [-0.2, 0) is 12.8 Å². The number of nitrogens with two attached hydrogens (primary N) is 1. The fourth-order valence-corrected chi connectivity index (χ4v) is 4.32. The fraction of sp³-hybridized carbons (Fsp3) is 0.278. The van der Waals surface area contributed by atoms with E-state index in [1.807, 2.05) is 6.07 Å². The Labute approximate surface area is 143 Å². The summed E-state index contributed by atoms with van der Waals surface area (Å²) >= 11 is 1.73. The summed E-state index contributed by atoms with van der Waals surface area (Å²) in [4.78, 5) is 22.9. The Bertz CT molecular complexity index is 920. The Balaban J connectivity index is 1.75. The smallest absolute Gasteiger partial charge is 0.231 e. The van der Waals surface area contributed by atoms with Crippen molar-refractivity contribution >= 4 is 27.3 Å². The average molecular weight is 339 g/mol. The van der Waals surface area contributed by atoms with Crippen molar-refractivity contribution < 1.29 is 9.53 Å². The molecule has 0 fully saturated rings. The van der Waals surface area contributed by atoms with Crippen molar-refractivity contribution in [2.75, 3.05) is 6.54 Å². The number of thiophene rings is 1. The zero-order valence-corrected chi connectivity index (χ0v) is 13.9. The first-order chi connectivity index (χ1) is 11.8. The quantitative estimate of drug-likeness (QED) is 0.736. The number of ketones is 1. The van der Waals surface area contributed by atoms with E-state index in [0.29, 0.717) is 17.2 Å². The van der Waals surface area contributed by atoms with Gasteiger partial charge in [-0.15, -0.1) is 11.3 Å². The first kappa shape index (κ1) is 15.2. The van der Waals surface area contributed by atoms with Gasteiger partial charge in [0.2, 0.25) is 5.88 Å². The maximum Gasteiger partial charge on any atom is 0.231 e. The van der Waals surface area contributed by atoms with E-state index in [2.05, 4.69) is 9.97 Å². The third-order valence-corrected chi connectivity index (χ3v) is 5.47. The highest BCUT2D eigenvalue weighted by Crippen LogP contribution is 2.40. The Kier molecular flexibility index (Phi) is 4.00. The van der Waals surface area contributed by atoms with E-state index in [1.165, 1.54) is 29.6 Å². The van der Waals surface area contributed by atoms with Crippen LogP contribution in [0.25, 0.3) is 10.2 Å². The van der Waals surface area contributed by atoms with Gasteiger partial charge < -0.3 is 10.5 Å². The largest absolute Gasteiger partial charge is 0.438 e. The number of rotatable bonds is 4. The predicted octanol–water partition coefficient (Wildman–Crippen LogP) is 3.50. The molecule has 2 N–H and O–H groups in total. The lowest BCUT2D eigenvalue weighted by molar-refractivity contribution is 0.100. The number of hydrogen-bond donors (Lipinski definition) is 1. The predicted molar refractivity (Wildman–Crippen MR) is 94.0 cm³/mol. The number of hydrogen-bond acceptors (Lipinski definition) is 6. The highest BCUT2D eigenvalue weighted by Gasteiger charge is 2.21. The highest BCUT2D eigenvalue weighted by atomic mass is 32.1. The van der Waals surface area contributed by atoms with Crippen LogP contribution in [0.3, 0.4) is 0 Å². The maximum atomic E-state index is 11.8. The van der Waals surface area contributed by atoms with Crippen molar-refractivity contribution in [3.05, 3.63) is 46.6 Å². The van der Waals surface area contributed by atoms with Crippen LogP contribution >= 0.6 is 11.3 Å². The van der Waals surface area contributed by atoms with Crippen LogP contribution in [0.4, 0.5) is 0 Å². The van der Waals surface area contributed by atoms with Gasteiger partial charge in [0.15, 0.2) is 5.78 Å². The molecule has 1 aromatic carbocycles. The fourth-order valence-electron chi connectivity index (χ4n) is 3.10. The molecule has 2 heterocycles. The lowest BCUT2D eigenvalue weighted by atomic mass is 9.97. The Morgan fingerprint density at radius 1 is 1.25 bits per heavy atom. The van der Waals surface area contributed by atoms with Gasteiger partial charge in [-0.1, -0.05) is 12.1 Å². The molecular weight excluding hydrogens is 322 g/mol. The number of aryl methyl sites for hydroxylation is 2. The number of fused-ring (bicyclic) bond motifs is 3. The van der Waals surface area contributed by atoms with Crippen LogP contribution in [0, 0.1) is 0 Å². The normalized spacial score (nSPS) is 13.7. The van der Waals surface area contributed by atoms with Crippen LogP contribution in [0.1, 0.15) is 33.6 Å². The maximum absolute atomic E-state index is 11.8. The molecule has 0 unspecified atom stereocenters. The van der Waals surface area contributed by atoms with E-state index in [9.17, 15) is 4.79 Å². The molecule has 0 saturated heterocycles. The number of ether oxygens (including phenoxy) is 1. The molecule has 1 aliphatic rings. The molecule has 24 heavy (non-hydrogen) atoms. The van der Waals surface area contributed by atoms with Gasteiger partial charge in [0.1, 0.15) is 16.9 Å². The Hall–Kier alpha value is -2.31. The van der Waals surface area contributed by atoms with Gasteiger partial charge in [-0.3, -0.25) is 4.79 Å². The van der Waals surface area contributed by atoms with E-state index in [-0.39, 0.29) is 12.3 Å². The molecule has 3 aromatic rings. The monoisotopic (exact) mass is 339 g/mol. The highest BCUT2D eigenvalue weighted by molar-refractivity contribution is 7.18. The number of Topliss-reactive ketones (excluding diaryl/α,β-unsaturated/α-hetero) is 1. The molecule has 4 rings (SSSR count). The molecule has 0 aliphatic heterocycles. The van der Waals surface area contributed by atoms with E-state index in [1.54, 1.807) is 29.5 Å².